The van der Waals surface area contributed by atoms with Crippen LogP contribution >= 0.6 is 0 Å². The Morgan fingerprint density at radius 2 is 0.711 bits per heavy atom. The van der Waals surface area contributed by atoms with Crippen molar-refractivity contribution in [2.75, 3.05) is 19.8 Å². The van der Waals surface area contributed by atoms with Gasteiger partial charge < -0.3 is 65.1 Å². The van der Waals surface area contributed by atoms with Gasteiger partial charge in [-0.05, 0) is 70.6 Å². The molecular weight excluding hydrogens is 1130 g/mol. The van der Waals surface area contributed by atoms with Crippen molar-refractivity contribution in [1.29, 1.82) is 0 Å². The normalized spacial score (nSPS) is 23.1. The number of aliphatic hydroxyl groups is 8. The van der Waals surface area contributed by atoms with Gasteiger partial charge in [-0.15, -0.1) is 0 Å². The molecule has 14 heteroatoms. The number of hydrogen-bond acceptors (Lipinski definition) is 13. The number of ether oxygens (including phenoxy) is 4. The summed E-state index contributed by atoms with van der Waals surface area (Å²) in [6, 6.07) is -0.939. The maximum Gasteiger partial charge on any atom is 0.220 e. The second-order valence-corrected chi connectivity index (χ2v) is 26.8. The van der Waals surface area contributed by atoms with Crippen LogP contribution in [0, 0.1) is 0 Å². The highest BCUT2D eigenvalue weighted by atomic mass is 16.7. The van der Waals surface area contributed by atoms with Crippen molar-refractivity contribution >= 4 is 5.91 Å². The molecule has 2 rings (SSSR count). The van der Waals surface area contributed by atoms with Gasteiger partial charge in [0, 0.05) is 6.42 Å². The number of hydrogen-bond donors (Lipinski definition) is 9. The zero-order valence-corrected chi connectivity index (χ0v) is 57.6. The van der Waals surface area contributed by atoms with Crippen LogP contribution in [0.1, 0.15) is 335 Å². The smallest absolute Gasteiger partial charge is 0.220 e. The molecule has 2 aliphatic heterocycles. The summed E-state index contributed by atoms with van der Waals surface area (Å²) in [5.41, 5.74) is 0. The van der Waals surface area contributed by atoms with Crippen LogP contribution in [0.25, 0.3) is 0 Å². The molecule has 12 atom stereocenters. The first kappa shape index (κ1) is 84.0. The predicted molar refractivity (Wildman–Crippen MR) is 369 cm³/mol. The first-order valence-electron chi connectivity index (χ1n) is 37.9. The second kappa shape index (κ2) is 60.6. The minimum atomic E-state index is -1.79. The van der Waals surface area contributed by atoms with Crippen molar-refractivity contribution in [3.63, 3.8) is 0 Å². The average Bonchev–Trinajstić information content (AvgIpc) is 1.42. The highest BCUT2D eigenvalue weighted by molar-refractivity contribution is 5.76. The van der Waals surface area contributed by atoms with Gasteiger partial charge in [0.05, 0.1) is 32.0 Å². The molecule has 0 spiro atoms. The Balaban J connectivity index is 1.66. The third kappa shape index (κ3) is 43.8. The largest absolute Gasteiger partial charge is 0.394 e. The molecule has 0 bridgehead atoms. The lowest BCUT2D eigenvalue weighted by Gasteiger charge is -2.46. The van der Waals surface area contributed by atoms with Crippen LogP contribution in [0.4, 0.5) is 0 Å². The summed E-state index contributed by atoms with van der Waals surface area (Å²) < 4.78 is 22.9. The van der Waals surface area contributed by atoms with Gasteiger partial charge in [0.2, 0.25) is 5.91 Å². The summed E-state index contributed by atoms with van der Waals surface area (Å²) in [7, 11) is 0. The molecule has 0 aromatic carbocycles. The van der Waals surface area contributed by atoms with E-state index in [0.717, 1.165) is 44.9 Å². The zero-order chi connectivity index (χ0) is 65.2. The lowest BCUT2D eigenvalue weighted by Crippen LogP contribution is -2.65. The monoisotopic (exact) mass is 1280 g/mol. The molecule has 2 fully saturated rings. The van der Waals surface area contributed by atoms with E-state index in [1.165, 1.54) is 257 Å². The number of aliphatic hydroxyl groups excluding tert-OH is 8. The maximum atomic E-state index is 13.4. The van der Waals surface area contributed by atoms with Crippen LogP contribution in [-0.2, 0) is 23.7 Å². The van der Waals surface area contributed by atoms with Gasteiger partial charge in [-0.2, -0.15) is 0 Å². The van der Waals surface area contributed by atoms with Crippen LogP contribution in [0.5, 0.6) is 0 Å². The Morgan fingerprint density at radius 1 is 0.389 bits per heavy atom. The highest BCUT2D eigenvalue weighted by Crippen LogP contribution is 2.30. The van der Waals surface area contributed by atoms with Crippen LogP contribution in [0.15, 0.2) is 48.6 Å². The molecule has 0 saturated carbocycles. The van der Waals surface area contributed by atoms with E-state index in [4.69, 9.17) is 18.9 Å². The molecule has 9 N–H and O–H groups in total. The van der Waals surface area contributed by atoms with E-state index in [-0.39, 0.29) is 18.9 Å². The van der Waals surface area contributed by atoms with E-state index < -0.39 is 86.8 Å². The molecule has 528 valence electrons. The van der Waals surface area contributed by atoms with E-state index in [1.54, 1.807) is 6.08 Å². The molecule has 0 radical (unpaired) electrons. The number of carbonyl (C=O) groups excluding carboxylic acids is 1. The van der Waals surface area contributed by atoms with E-state index in [9.17, 15) is 45.6 Å². The number of amides is 1. The molecule has 90 heavy (non-hydrogen) atoms. The minimum Gasteiger partial charge on any atom is -0.394 e. The van der Waals surface area contributed by atoms with Crippen LogP contribution in [0.2, 0.25) is 0 Å². The molecule has 0 aliphatic carbocycles. The molecule has 2 saturated heterocycles. The number of rotatable bonds is 63. The summed E-state index contributed by atoms with van der Waals surface area (Å²) in [6.07, 6.45) is 63.3. The van der Waals surface area contributed by atoms with Crippen molar-refractivity contribution in [2.24, 2.45) is 0 Å². The van der Waals surface area contributed by atoms with Crippen molar-refractivity contribution in [3.8, 4) is 0 Å². The Kier molecular flexibility index (Phi) is 56.6. The fourth-order valence-corrected chi connectivity index (χ4v) is 12.4. The molecule has 0 aromatic rings. The molecule has 0 aromatic heterocycles. The lowest BCUT2D eigenvalue weighted by molar-refractivity contribution is -0.359. The van der Waals surface area contributed by atoms with Gasteiger partial charge in [-0.3, -0.25) is 4.79 Å². The Morgan fingerprint density at radius 3 is 1.09 bits per heavy atom. The number of allylic oxidation sites excluding steroid dienone is 7. The quantitative estimate of drug-likeness (QED) is 0.0204. The molecular formula is C76H141NO13. The van der Waals surface area contributed by atoms with Gasteiger partial charge in [0.1, 0.15) is 48.8 Å². The highest BCUT2D eigenvalue weighted by Gasteiger charge is 2.51. The van der Waals surface area contributed by atoms with Crippen molar-refractivity contribution in [2.45, 2.75) is 408 Å². The van der Waals surface area contributed by atoms with Gasteiger partial charge in [0.25, 0.3) is 0 Å². The predicted octanol–water partition coefficient (Wildman–Crippen LogP) is 16.2. The van der Waals surface area contributed by atoms with E-state index in [1.807, 2.05) is 6.08 Å². The first-order chi connectivity index (χ1) is 44.1. The van der Waals surface area contributed by atoms with E-state index in [2.05, 4.69) is 55.6 Å². The molecule has 12 unspecified atom stereocenters. The Labute approximate surface area is 550 Å². The average molecular weight is 1280 g/mol. The van der Waals surface area contributed by atoms with Gasteiger partial charge in [-0.25, -0.2) is 0 Å². The second-order valence-electron chi connectivity index (χ2n) is 26.8. The summed E-state index contributed by atoms with van der Waals surface area (Å²) in [4.78, 5) is 13.4. The third-order valence-electron chi connectivity index (χ3n) is 18.5. The first-order valence-corrected chi connectivity index (χ1v) is 37.9. The van der Waals surface area contributed by atoms with Crippen molar-refractivity contribution in [1.82, 2.24) is 5.32 Å². The SMILES string of the molecule is CCCCCCCCCC/C=C\CCCCCCCCCCCCCCCCCCCCCC(=O)NC(COC1OC(CO)C(OC2OC(CO)C(O)C(O)C2O)C(O)C1O)C(O)/C=C/CC/C=C/CC/C=C/CCCCCCCCCCCCCCCCC. The summed E-state index contributed by atoms with van der Waals surface area (Å²) in [5.74, 6) is -0.248. The molecule has 14 nitrogen and oxygen atoms in total. The summed E-state index contributed by atoms with van der Waals surface area (Å²) in [6.45, 7) is 2.82. The molecule has 1 amide bonds. The standard InChI is InChI=1S/C76H141NO13/c1-3-5-7-9-11-13-15-17-19-21-23-25-27-29-30-31-32-33-34-36-38-40-42-44-46-48-50-52-54-56-58-60-68(81)77-64(63-87-75-73(86)71(84)74(67(62-79)89-75)90-76-72(85)70(83)69(82)66(61-78)88-76)65(80)59-57-55-53-51-49-47-45-43-41-39-37-35-28-26-24-22-20-18-16-14-12-10-8-6-4-2/h21,23,41,43,49,51,57,59,64-67,69-76,78-80,82-86H,3-20,22,24-40,42,44-48,50,52-56,58,60-63H2,1-2H3,(H,77,81)/b23-21-,43-41+,51-49+,59-57+. The van der Waals surface area contributed by atoms with Crippen LogP contribution in [0.3, 0.4) is 0 Å². The van der Waals surface area contributed by atoms with Gasteiger partial charge in [0.15, 0.2) is 12.6 Å². The van der Waals surface area contributed by atoms with Crippen molar-refractivity contribution in [3.05, 3.63) is 48.6 Å². The van der Waals surface area contributed by atoms with Crippen molar-refractivity contribution < 1.29 is 64.6 Å². The summed E-state index contributed by atoms with van der Waals surface area (Å²) >= 11 is 0. The van der Waals surface area contributed by atoms with Crippen LogP contribution < -0.4 is 5.32 Å². The number of nitrogens with one attached hydrogen (secondary N) is 1. The van der Waals surface area contributed by atoms with E-state index in [0.29, 0.717) is 12.8 Å². The minimum absolute atomic E-state index is 0.248. The van der Waals surface area contributed by atoms with E-state index >= 15 is 0 Å². The topological polar surface area (TPSA) is 228 Å². The Hall–Kier alpha value is -2.05. The third-order valence-corrected chi connectivity index (χ3v) is 18.5. The summed E-state index contributed by atoms with van der Waals surface area (Å²) in [5, 5.41) is 87.5. The number of unbranched alkanes of at least 4 members (excludes halogenated alkanes) is 44. The fourth-order valence-electron chi connectivity index (χ4n) is 12.4. The maximum absolute atomic E-state index is 13.4. The molecule has 2 aliphatic rings. The van der Waals surface area contributed by atoms with Gasteiger partial charge in [-0.1, -0.05) is 306 Å². The number of carbonyl (C=O) groups is 1. The van der Waals surface area contributed by atoms with Crippen LogP contribution in [-0.4, -0.2) is 140 Å². The molecule has 2 heterocycles. The lowest BCUT2D eigenvalue weighted by atomic mass is 9.97. The fraction of sp³-hybridized carbons (Fsp3) is 0.882. The van der Waals surface area contributed by atoms with Gasteiger partial charge >= 0.3 is 0 Å². The zero-order valence-electron chi connectivity index (χ0n) is 57.6. The Bertz CT molecular complexity index is 1690.